The van der Waals surface area contributed by atoms with Crippen LogP contribution in [0.1, 0.15) is 40.7 Å². The molecule has 1 aromatic rings. The van der Waals surface area contributed by atoms with Crippen molar-refractivity contribution in [3.63, 3.8) is 0 Å². The van der Waals surface area contributed by atoms with Crippen molar-refractivity contribution in [2.45, 2.75) is 50.5 Å². The second-order valence-electron chi connectivity index (χ2n) is 8.39. The Kier molecular flexibility index (Phi) is 4.85. The predicted molar refractivity (Wildman–Crippen MR) is 104 cm³/mol. The van der Waals surface area contributed by atoms with Gasteiger partial charge in [-0.25, -0.2) is 0 Å². The van der Waals surface area contributed by atoms with Crippen LogP contribution >= 0.6 is 0 Å². The molecule has 0 aromatic heterocycles. The van der Waals surface area contributed by atoms with Crippen LogP contribution in [0.3, 0.4) is 0 Å². The van der Waals surface area contributed by atoms with E-state index in [1.807, 2.05) is 12.1 Å². The Morgan fingerprint density at radius 1 is 1.14 bits per heavy atom. The Hall–Kier alpha value is -2.29. The highest BCUT2D eigenvalue weighted by Gasteiger charge is 2.39. The van der Waals surface area contributed by atoms with Crippen LogP contribution in [0.5, 0.6) is 0 Å². The summed E-state index contributed by atoms with van der Waals surface area (Å²) in [6.07, 6.45) is 1.71. The van der Waals surface area contributed by atoms with Gasteiger partial charge in [-0.2, -0.15) is 0 Å². The van der Waals surface area contributed by atoms with Crippen LogP contribution in [-0.2, 0) is 27.4 Å². The lowest BCUT2D eigenvalue weighted by molar-refractivity contribution is -0.136. The maximum absolute atomic E-state index is 13.0. The van der Waals surface area contributed by atoms with Crippen LogP contribution in [0.2, 0.25) is 0 Å². The smallest absolute Gasteiger partial charge is 0.255 e. The number of fused-ring (bicyclic) bond motifs is 1. The van der Waals surface area contributed by atoms with Gasteiger partial charge in [-0.3, -0.25) is 24.6 Å². The molecule has 2 unspecified atom stereocenters. The number of carbonyl (C=O) groups is 3. The molecular formula is C21H26N4O4. The summed E-state index contributed by atoms with van der Waals surface area (Å²) >= 11 is 0. The second kappa shape index (κ2) is 7.51. The predicted octanol–water partition coefficient (Wildman–Crippen LogP) is 0.0103. The molecule has 3 amide bonds. The maximum atomic E-state index is 13.0. The highest BCUT2D eigenvalue weighted by atomic mass is 16.5. The molecule has 0 spiro atoms. The first kappa shape index (κ1) is 18.7. The van der Waals surface area contributed by atoms with E-state index in [1.54, 1.807) is 4.90 Å². The van der Waals surface area contributed by atoms with Crippen LogP contribution < -0.4 is 10.6 Å². The molecule has 0 aliphatic carbocycles. The third kappa shape index (κ3) is 3.45. The van der Waals surface area contributed by atoms with Crippen molar-refractivity contribution in [1.82, 2.24) is 20.4 Å². The number of imide groups is 1. The van der Waals surface area contributed by atoms with E-state index in [0.29, 0.717) is 30.6 Å². The highest BCUT2D eigenvalue weighted by Crippen LogP contribution is 2.29. The number of carbonyl (C=O) groups excluding carboxylic acids is 3. The molecule has 0 saturated carbocycles. The van der Waals surface area contributed by atoms with Gasteiger partial charge in [0.25, 0.3) is 5.91 Å². The van der Waals surface area contributed by atoms with E-state index in [9.17, 15) is 14.4 Å². The van der Waals surface area contributed by atoms with Crippen molar-refractivity contribution < 1.29 is 19.1 Å². The van der Waals surface area contributed by atoms with Gasteiger partial charge in [0.15, 0.2) is 0 Å². The van der Waals surface area contributed by atoms with Crippen molar-refractivity contribution in [3.05, 3.63) is 34.9 Å². The molecule has 0 radical (unpaired) electrons. The van der Waals surface area contributed by atoms with E-state index in [-0.39, 0.29) is 24.1 Å². The van der Waals surface area contributed by atoms with Gasteiger partial charge < -0.3 is 15.0 Å². The number of rotatable bonds is 5. The summed E-state index contributed by atoms with van der Waals surface area (Å²) in [6.45, 7) is 4.77. The normalized spacial score (nSPS) is 27.3. The minimum atomic E-state index is -0.566. The lowest BCUT2D eigenvalue weighted by Crippen LogP contribution is -2.59. The first-order valence-corrected chi connectivity index (χ1v) is 10.4. The summed E-state index contributed by atoms with van der Waals surface area (Å²) in [5.74, 6) is -0.746. The van der Waals surface area contributed by atoms with Gasteiger partial charge in [0.1, 0.15) is 6.04 Å². The van der Waals surface area contributed by atoms with Gasteiger partial charge in [0.05, 0.1) is 6.61 Å². The third-order valence-electron chi connectivity index (χ3n) is 6.56. The van der Waals surface area contributed by atoms with Crippen molar-refractivity contribution in [2.75, 3.05) is 26.3 Å². The molecule has 29 heavy (non-hydrogen) atoms. The summed E-state index contributed by atoms with van der Waals surface area (Å²) in [4.78, 5) is 40.8. The third-order valence-corrected chi connectivity index (χ3v) is 6.56. The largest absolute Gasteiger partial charge is 0.380 e. The molecule has 4 heterocycles. The van der Waals surface area contributed by atoms with E-state index < -0.39 is 6.04 Å². The molecule has 4 aliphatic heterocycles. The summed E-state index contributed by atoms with van der Waals surface area (Å²) in [5.41, 5.74) is 2.74. The summed E-state index contributed by atoms with van der Waals surface area (Å²) in [6, 6.07) is 6.45. The average Bonchev–Trinajstić information content (AvgIpc) is 3.29. The van der Waals surface area contributed by atoms with Crippen LogP contribution in [-0.4, -0.2) is 72.0 Å². The quantitative estimate of drug-likeness (QED) is 0.679. The van der Waals surface area contributed by atoms with Crippen molar-refractivity contribution in [2.24, 2.45) is 0 Å². The summed E-state index contributed by atoms with van der Waals surface area (Å²) in [5, 5.41) is 5.70. The van der Waals surface area contributed by atoms with Crippen LogP contribution in [0.15, 0.2) is 18.2 Å². The zero-order valence-electron chi connectivity index (χ0n) is 16.4. The molecule has 1 aromatic carbocycles. The minimum absolute atomic E-state index is 0.114. The molecule has 154 valence electrons. The van der Waals surface area contributed by atoms with E-state index in [0.717, 1.165) is 50.4 Å². The molecule has 8 heteroatoms. The number of nitrogens with zero attached hydrogens (tertiary/aromatic N) is 2. The van der Waals surface area contributed by atoms with Crippen molar-refractivity contribution >= 4 is 17.7 Å². The fourth-order valence-electron chi connectivity index (χ4n) is 4.76. The number of hydrogen-bond donors (Lipinski definition) is 2. The number of ether oxygens (including phenoxy) is 1. The van der Waals surface area contributed by atoms with Crippen LogP contribution in [0, 0.1) is 0 Å². The number of hydrogen-bond acceptors (Lipinski definition) is 6. The summed E-state index contributed by atoms with van der Waals surface area (Å²) in [7, 11) is 0. The van der Waals surface area contributed by atoms with E-state index >= 15 is 0 Å². The molecule has 2 N–H and O–H groups in total. The van der Waals surface area contributed by atoms with Gasteiger partial charge in [0, 0.05) is 56.9 Å². The molecule has 3 saturated heterocycles. The van der Waals surface area contributed by atoms with Crippen LogP contribution in [0.25, 0.3) is 0 Å². The summed E-state index contributed by atoms with van der Waals surface area (Å²) < 4.78 is 5.60. The molecule has 2 atom stereocenters. The number of amides is 3. The molecule has 3 fully saturated rings. The molecular weight excluding hydrogens is 372 g/mol. The Balaban J connectivity index is 1.33. The minimum Gasteiger partial charge on any atom is -0.380 e. The lowest BCUT2D eigenvalue weighted by Gasteiger charge is -2.41. The lowest BCUT2D eigenvalue weighted by atomic mass is 10.0. The zero-order chi connectivity index (χ0) is 20.0. The first-order chi connectivity index (χ1) is 14.1. The van der Waals surface area contributed by atoms with E-state index in [4.69, 9.17) is 4.74 Å². The second-order valence-corrected chi connectivity index (χ2v) is 8.39. The van der Waals surface area contributed by atoms with Crippen molar-refractivity contribution in [3.8, 4) is 0 Å². The van der Waals surface area contributed by atoms with Crippen LogP contribution in [0.4, 0.5) is 0 Å². The maximum Gasteiger partial charge on any atom is 0.255 e. The first-order valence-electron chi connectivity index (χ1n) is 10.4. The number of piperidine rings is 1. The number of nitrogens with one attached hydrogen (secondary N) is 2. The highest BCUT2D eigenvalue weighted by molar-refractivity contribution is 6.05. The Labute approximate surface area is 169 Å². The van der Waals surface area contributed by atoms with E-state index in [2.05, 4.69) is 21.6 Å². The standard InChI is InChI=1S/C21H26N4O4/c26-19-4-3-18(20(27)23-19)25-11-14-2-1-13(7-17(14)21(25)28)10-24(16-8-22-9-16)15-5-6-29-12-15/h1-2,7,15-16,18,22H,3-6,8-12H2,(H,23,26,27). The topological polar surface area (TPSA) is 91.0 Å². The Bertz CT molecular complexity index is 847. The van der Waals surface area contributed by atoms with Gasteiger partial charge in [-0.1, -0.05) is 12.1 Å². The Morgan fingerprint density at radius 2 is 2.00 bits per heavy atom. The van der Waals surface area contributed by atoms with Gasteiger partial charge in [-0.05, 0) is 30.0 Å². The van der Waals surface area contributed by atoms with E-state index in [1.165, 1.54) is 0 Å². The SMILES string of the molecule is O=C1CCC(N2Cc3ccc(CN(C4CNC4)C4CCOC4)cc3C2=O)C(=O)N1. The van der Waals surface area contributed by atoms with Gasteiger partial charge >= 0.3 is 0 Å². The molecule has 4 aliphatic rings. The average molecular weight is 398 g/mol. The number of benzene rings is 1. The fourth-order valence-corrected chi connectivity index (χ4v) is 4.76. The molecule has 0 bridgehead atoms. The van der Waals surface area contributed by atoms with Gasteiger partial charge in [0.2, 0.25) is 11.8 Å². The molecule has 5 rings (SSSR count). The Morgan fingerprint density at radius 3 is 2.69 bits per heavy atom. The fraction of sp³-hybridized carbons (Fsp3) is 0.571. The van der Waals surface area contributed by atoms with Crippen molar-refractivity contribution in [1.29, 1.82) is 0 Å². The van der Waals surface area contributed by atoms with Gasteiger partial charge in [-0.15, -0.1) is 0 Å². The molecule has 8 nitrogen and oxygen atoms in total. The monoisotopic (exact) mass is 398 g/mol. The zero-order valence-corrected chi connectivity index (χ0v) is 16.4.